The molecule has 0 fully saturated rings. The highest BCUT2D eigenvalue weighted by molar-refractivity contribution is 7.09. The van der Waals surface area contributed by atoms with E-state index in [4.69, 9.17) is 0 Å². The van der Waals surface area contributed by atoms with Gasteiger partial charge in [0, 0.05) is 17.5 Å². The molecule has 116 valence electrons. The molecule has 0 bridgehead atoms. The number of nitrogens with one attached hydrogen (secondary N) is 2. The second-order valence-electron chi connectivity index (χ2n) is 5.07. The summed E-state index contributed by atoms with van der Waals surface area (Å²) in [7, 11) is 0. The number of amides is 2. The molecule has 0 spiro atoms. The fourth-order valence-corrected chi connectivity index (χ4v) is 2.98. The third-order valence-corrected chi connectivity index (χ3v) is 4.16. The number of rotatable bonds is 5. The summed E-state index contributed by atoms with van der Waals surface area (Å²) in [6, 6.07) is 19.4. The summed E-state index contributed by atoms with van der Waals surface area (Å²) in [5, 5.41) is 8.64. The van der Waals surface area contributed by atoms with Crippen LogP contribution in [0.5, 0.6) is 0 Å². The molecule has 0 radical (unpaired) electrons. The topological polar surface area (TPSA) is 54.0 Å². The van der Waals surface area contributed by atoms with Crippen LogP contribution in [0.25, 0.3) is 0 Å². The molecule has 3 rings (SSSR count). The van der Waals surface area contributed by atoms with E-state index in [0.717, 1.165) is 22.8 Å². The van der Waals surface area contributed by atoms with Crippen LogP contribution in [0.4, 0.5) is 10.5 Å². The van der Waals surface area contributed by atoms with Gasteiger partial charge >= 0.3 is 6.03 Å². The molecule has 0 aliphatic rings. The zero-order valence-corrected chi connectivity index (χ0v) is 13.3. The molecule has 5 heteroatoms. The van der Waals surface area contributed by atoms with Gasteiger partial charge in [-0.15, -0.1) is 11.3 Å². The van der Waals surface area contributed by atoms with Crippen molar-refractivity contribution in [2.45, 2.75) is 13.0 Å². The van der Waals surface area contributed by atoms with Crippen LogP contribution in [-0.2, 0) is 13.0 Å². The maximum atomic E-state index is 11.8. The highest BCUT2D eigenvalue weighted by atomic mass is 32.1. The minimum atomic E-state index is -0.228. The zero-order chi connectivity index (χ0) is 15.9. The summed E-state index contributed by atoms with van der Waals surface area (Å²) in [5.74, 6) is 0. The molecule has 0 aliphatic carbocycles. The van der Waals surface area contributed by atoms with Crippen molar-refractivity contribution in [3.63, 3.8) is 0 Å². The van der Waals surface area contributed by atoms with Gasteiger partial charge in [0.2, 0.25) is 0 Å². The summed E-state index contributed by atoms with van der Waals surface area (Å²) in [6.07, 6.45) is 0.821. The van der Waals surface area contributed by atoms with E-state index in [9.17, 15) is 4.79 Å². The van der Waals surface area contributed by atoms with E-state index in [2.05, 4.69) is 27.8 Å². The number of urea groups is 1. The second-order valence-corrected chi connectivity index (χ2v) is 6.01. The standard InChI is InChI=1S/C18H17N3OS/c22-18(21-15-9-5-2-6-10-15)19-12-16-13-23-17(20-16)11-14-7-3-1-4-8-14/h1-10,13H,11-12H2,(H2,19,21,22). The first-order valence-corrected chi connectivity index (χ1v) is 8.25. The lowest BCUT2D eigenvalue weighted by atomic mass is 10.2. The smallest absolute Gasteiger partial charge is 0.319 e. The summed E-state index contributed by atoms with van der Waals surface area (Å²) >= 11 is 1.62. The summed E-state index contributed by atoms with van der Waals surface area (Å²) in [4.78, 5) is 16.4. The van der Waals surface area contributed by atoms with Crippen molar-refractivity contribution in [2.24, 2.45) is 0 Å². The van der Waals surface area contributed by atoms with Crippen LogP contribution in [0.15, 0.2) is 66.0 Å². The number of para-hydroxylation sites is 1. The van der Waals surface area contributed by atoms with Gasteiger partial charge in [0.25, 0.3) is 0 Å². The fraction of sp³-hybridized carbons (Fsp3) is 0.111. The van der Waals surface area contributed by atoms with E-state index in [1.54, 1.807) is 11.3 Å². The molecule has 23 heavy (non-hydrogen) atoms. The van der Waals surface area contributed by atoms with Crippen LogP contribution in [0.2, 0.25) is 0 Å². The van der Waals surface area contributed by atoms with Gasteiger partial charge in [0.15, 0.2) is 0 Å². The Morgan fingerprint density at radius 1 is 1.00 bits per heavy atom. The number of benzene rings is 2. The Morgan fingerprint density at radius 3 is 2.43 bits per heavy atom. The Morgan fingerprint density at radius 2 is 1.70 bits per heavy atom. The number of hydrogen-bond acceptors (Lipinski definition) is 3. The largest absolute Gasteiger partial charge is 0.332 e. The molecule has 2 amide bonds. The number of anilines is 1. The van der Waals surface area contributed by atoms with E-state index < -0.39 is 0 Å². The Kier molecular flexibility index (Phi) is 5.01. The molecule has 2 aromatic carbocycles. The molecule has 1 heterocycles. The van der Waals surface area contributed by atoms with Crippen LogP contribution in [-0.4, -0.2) is 11.0 Å². The molecule has 3 aromatic rings. The first kappa shape index (κ1) is 15.2. The van der Waals surface area contributed by atoms with Crippen molar-refractivity contribution >= 4 is 23.1 Å². The minimum absolute atomic E-state index is 0.228. The van der Waals surface area contributed by atoms with Crippen molar-refractivity contribution in [2.75, 3.05) is 5.32 Å². The summed E-state index contributed by atoms with van der Waals surface area (Å²) in [5.41, 5.74) is 2.89. The number of aromatic nitrogens is 1. The van der Waals surface area contributed by atoms with E-state index in [0.29, 0.717) is 6.54 Å². The lowest BCUT2D eigenvalue weighted by Crippen LogP contribution is -2.28. The number of carbonyl (C=O) groups excluding carboxylic acids is 1. The lowest BCUT2D eigenvalue weighted by molar-refractivity contribution is 0.251. The maximum Gasteiger partial charge on any atom is 0.319 e. The van der Waals surface area contributed by atoms with E-state index in [1.807, 2.05) is 53.9 Å². The predicted octanol–water partition coefficient (Wildman–Crippen LogP) is 4.06. The van der Waals surface area contributed by atoms with Crippen LogP contribution >= 0.6 is 11.3 Å². The molecule has 0 atom stereocenters. The maximum absolute atomic E-state index is 11.8. The van der Waals surface area contributed by atoms with Gasteiger partial charge in [0.1, 0.15) is 0 Å². The predicted molar refractivity (Wildman–Crippen MR) is 93.7 cm³/mol. The Labute approximate surface area is 139 Å². The average molecular weight is 323 g/mol. The normalized spacial score (nSPS) is 10.3. The van der Waals surface area contributed by atoms with E-state index in [-0.39, 0.29) is 6.03 Å². The van der Waals surface area contributed by atoms with Gasteiger partial charge in [-0.3, -0.25) is 0 Å². The number of nitrogens with zero attached hydrogens (tertiary/aromatic N) is 1. The molecule has 1 aromatic heterocycles. The Hall–Kier alpha value is -2.66. The van der Waals surface area contributed by atoms with Crippen LogP contribution < -0.4 is 10.6 Å². The lowest BCUT2D eigenvalue weighted by Gasteiger charge is -2.05. The molecule has 0 unspecified atom stereocenters. The van der Waals surface area contributed by atoms with Gasteiger partial charge in [-0.2, -0.15) is 0 Å². The molecule has 0 aliphatic heterocycles. The van der Waals surface area contributed by atoms with Crippen LogP contribution in [0.1, 0.15) is 16.3 Å². The van der Waals surface area contributed by atoms with E-state index in [1.165, 1.54) is 5.56 Å². The summed E-state index contributed by atoms with van der Waals surface area (Å²) < 4.78 is 0. The Balaban J connectivity index is 1.50. The van der Waals surface area contributed by atoms with Crippen LogP contribution in [0, 0.1) is 0 Å². The van der Waals surface area contributed by atoms with Crippen molar-refractivity contribution in [1.29, 1.82) is 0 Å². The SMILES string of the molecule is O=C(NCc1csc(Cc2ccccc2)n1)Nc1ccccc1. The van der Waals surface area contributed by atoms with E-state index >= 15 is 0 Å². The molecule has 0 saturated carbocycles. The van der Waals surface area contributed by atoms with Gasteiger partial charge in [0.05, 0.1) is 17.2 Å². The molecule has 0 saturated heterocycles. The quantitative estimate of drug-likeness (QED) is 0.744. The number of thiazole rings is 1. The van der Waals surface area contributed by atoms with Gasteiger partial charge < -0.3 is 10.6 Å². The highest BCUT2D eigenvalue weighted by Crippen LogP contribution is 2.14. The Bertz CT molecular complexity index is 756. The molecule has 4 nitrogen and oxygen atoms in total. The molecular formula is C18H17N3OS. The first-order chi connectivity index (χ1) is 11.3. The average Bonchev–Trinajstić information content (AvgIpc) is 3.02. The van der Waals surface area contributed by atoms with Crippen molar-refractivity contribution in [3.05, 3.63) is 82.3 Å². The first-order valence-electron chi connectivity index (χ1n) is 7.37. The third kappa shape index (κ3) is 4.66. The van der Waals surface area contributed by atoms with Gasteiger partial charge in [-0.25, -0.2) is 9.78 Å². The molecular weight excluding hydrogens is 306 g/mol. The summed E-state index contributed by atoms with van der Waals surface area (Å²) in [6.45, 7) is 0.421. The second kappa shape index (κ2) is 7.56. The monoisotopic (exact) mass is 323 g/mol. The van der Waals surface area contributed by atoms with Crippen LogP contribution in [0.3, 0.4) is 0 Å². The van der Waals surface area contributed by atoms with Crippen molar-refractivity contribution in [3.8, 4) is 0 Å². The number of hydrogen-bond donors (Lipinski definition) is 2. The van der Waals surface area contributed by atoms with Gasteiger partial charge in [-0.05, 0) is 17.7 Å². The zero-order valence-electron chi connectivity index (χ0n) is 12.5. The molecule has 2 N–H and O–H groups in total. The van der Waals surface area contributed by atoms with Gasteiger partial charge in [-0.1, -0.05) is 48.5 Å². The highest BCUT2D eigenvalue weighted by Gasteiger charge is 2.05. The fourth-order valence-electron chi connectivity index (χ4n) is 2.15. The number of carbonyl (C=O) groups is 1. The minimum Gasteiger partial charge on any atom is -0.332 e. The van der Waals surface area contributed by atoms with Crippen molar-refractivity contribution < 1.29 is 4.79 Å². The third-order valence-electron chi connectivity index (χ3n) is 3.26. The van der Waals surface area contributed by atoms with Crippen molar-refractivity contribution in [1.82, 2.24) is 10.3 Å².